The van der Waals surface area contributed by atoms with E-state index in [1.54, 1.807) is 12.4 Å². The summed E-state index contributed by atoms with van der Waals surface area (Å²) in [6.07, 6.45) is 20.4. The minimum Gasteiger partial charge on any atom is -0.461 e. The Kier molecular flexibility index (Phi) is 14.7. The topological polar surface area (TPSA) is 56.3 Å². The van der Waals surface area contributed by atoms with E-state index in [1.807, 2.05) is 12.1 Å². The predicted octanol–water partition coefficient (Wildman–Crippen LogP) is 6.34. The zero-order valence-corrected chi connectivity index (χ0v) is 17.5. The number of allylic oxidation sites excluding steroid dienone is 2. The number of unbranched alkanes of at least 4 members (excludes halogenated alkanes) is 7. The van der Waals surface area contributed by atoms with E-state index in [0.29, 0.717) is 18.8 Å². The number of ether oxygens (including phenoxy) is 1. The van der Waals surface area contributed by atoms with Gasteiger partial charge in [-0.05, 0) is 44.6 Å². The van der Waals surface area contributed by atoms with Gasteiger partial charge in [0.05, 0.1) is 0 Å². The number of ketones is 1. The lowest BCUT2D eigenvalue weighted by Gasteiger charge is -2.05. The standard InChI is InChI=1S/C24H37NO3/c1-2-3-4-5-8-11-16-23(26)17-12-9-6-7-10-13-18-24(27)28-21-22-15-14-19-25-20-22/h3-4,14-15,19-20H,2,5-13,16-18,21H2,1H3/b4-3-. The number of hydrogen-bond donors (Lipinski definition) is 0. The summed E-state index contributed by atoms with van der Waals surface area (Å²) in [5, 5.41) is 0. The van der Waals surface area contributed by atoms with Gasteiger partial charge >= 0.3 is 5.97 Å². The van der Waals surface area contributed by atoms with Crippen LogP contribution in [0.5, 0.6) is 0 Å². The molecule has 4 nitrogen and oxygen atoms in total. The van der Waals surface area contributed by atoms with Gasteiger partial charge in [0.15, 0.2) is 0 Å². The first-order chi connectivity index (χ1) is 13.7. The SMILES string of the molecule is CC/C=C\CCCCC(=O)CCCCCCCCC(=O)OCc1cccnc1. The molecule has 0 aliphatic rings. The van der Waals surface area contributed by atoms with Gasteiger partial charge in [-0.1, -0.05) is 50.8 Å². The number of pyridine rings is 1. The van der Waals surface area contributed by atoms with Crippen LogP contribution in [0.1, 0.15) is 96.0 Å². The normalized spacial score (nSPS) is 11.0. The summed E-state index contributed by atoms with van der Waals surface area (Å²) in [6.45, 7) is 2.44. The van der Waals surface area contributed by atoms with Gasteiger partial charge in [0.2, 0.25) is 0 Å². The van der Waals surface area contributed by atoms with Crippen molar-refractivity contribution in [2.75, 3.05) is 0 Å². The van der Waals surface area contributed by atoms with E-state index >= 15 is 0 Å². The molecule has 0 aromatic carbocycles. The third kappa shape index (κ3) is 14.1. The Balaban J connectivity index is 1.86. The van der Waals surface area contributed by atoms with E-state index in [-0.39, 0.29) is 5.97 Å². The second-order valence-electron chi connectivity index (χ2n) is 7.31. The number of hydrogen-bond acceptors (Lipinski definition) is 4. The van der Waals surface area contributed by atoms with Crippen molar-refractivity contribution < 1.29 is 14.3 Å². The monoisotopic (exact) mass is 387 g/mol. The highest BCUT2D eigenvalue weighted by molar-refractivity contribution is 5.78. The quantitative estimate of drug-likeness (QED) is 0.178. The van der Waals surface area contributed by atoms with Crippen molar-refractivity contribution in [3.63, 3.8) is 0 Å². The highest BCUT2D eigenvalue weighted by Crippen LogP contribution is 2.11. The number of Topliss-reactive ketones (excluding diaryl/α,β-unsaturated/α-hetero) is 1. The van der Waals surface area contributed by atoms with Crippen LogP contribution in [0.15, 0.2) is 36.7 Å². The van der Waals surface area contributed by atoms with Crippen molar-refractivity contribution in [3.05, 3.63) is 42.2 Å². The van der Waals surface area contributed by atoms with Gasteiger partial charge in [0.25, 0.3) is 0 Å². The van der Waals surface area contributed by atoms with Crippen molar-refractivity contribution in [1.82, 2.24) is 4.98 Å². The highest BCUT2D eigenvalue weighted by Gasteiger charge is 2.04. The molecule has 1 heterocycles. The smallest absolute Gasteiger partial charge is 0.306 e. The number of carbonyl (C=O) groups is 2. The molecule has 28 heavy (non-hydrogen) atoms. The van der Waals surface area contributed by atoms with Crippen LogP contribution < -0.4 is 0 Å². The fraction of sp³-hybridized carbons (Fsp3) is 0.625. The zero-order chi connectivity index (χ0) is 20.3. The summed E-state index contributed by atoms with van der Waals surface area (Å²) in [6, 6.07) is 3.74. The highest BCUT2D eigenvalue weighted by atomic mass is 16.5. The van der Waals surface area contributed by atoms with Crippen molar-refractivity contribution in [2.45, 2.75) is 97.0 Å². The number of aromatic nitrogens is 1. The summed E-state index contributed by atoms with van der Waals surface area (Å²) >= 11 is 0. The molecule has 0 saturated heterocycles. The average molecular weight is 388 g/mol. The lowest BCUT2D eigenvalue weighted by molar-refractivity contribution is -0.145. The maximum Gasteiger partial charge on any atom is 0.306 e. The third-order valence-corrected chi connectivity index (χ3v) is 4.69. The minimum atomic E-state index is -0.139. The predicted molar refractivity (Wildman–Crippen MR) is 114 cm³/mol. The average Bonchev–Trinajstić information content (AvgIpc) is 2.71. The summed E-state index contributed by atoms with van der Waals surface area (Å²) in [5.41, 5.74) is 0.915. The lowest BCUT2D eigenvalue weighted by Crippen LogP contribution is -2.04. The van der Waals surface area contributed by atoms with E-state index in [4.69, 9.17) is 4.74 Å². The molecule has 1 aromatic rings. The largest absolute Gasteiger partial charge is 0.461 e. The maximum atomic E-state index is 11.8. The van der Waals surface area contributed by atoms with E-state index < -0.39 is 0 Å². The van der Waals surface area contributed by atoms with Gasteiger partial charge in [-0.2, -0.15) is 0 Å². The molecule has 0 fully saturated rings. The van der Waals surface area contributed by atoms with Crippen molar-refractivity contribution in [3.8, 4) is 0 Å². The van der Waals surface area contributed by atoms with Gasteiger partial charge in [-0.3, -0.25) is 14.6 Å². The Morgan fingerprint density at radius 1 is 0.929 bits per heavy atom. The Morgan fingerprint density at radius 3 is 2.29 bits per heavy atom. The first-order valence-electron chi connectivity index (χ1n) is 10.9. The van der Waals surface area contributed by atoms with Gasteiger partial charge in [0.1, 0.15) is 12.4 Å². The van der Waals surface area contributed by atoms with Gasteiger partial charge in [-0.15, -0.1) is 0 Å². The lowest BCUT2D eigenvalue weighted by atomic mass is 10.0. The van der Waals surface area contributed by atoms with Crippen LogP contribution in [0.4, 0.5) is 0 Å². The molecule has 0 unspecified atom stereocenters. The van der Waals surface area contributed by atoms with E-state index in [0.717, 1.165) is 82.6 Å². The molecule has 0 bridgehead atoms. The first kappa shape index (κ1) is 24.1. The third-order valence-electron chi connectivity index (χ3n) is 4.69. The fourth-order valence-corrected chi connectivity index (χ4v) is 3.01. The second-order valence-corrected chi connectivity index (χ2v) is 7.31. The van der Waals surface area contributed by atoms with Crippen LogP contribution in [-0.4, -0.2) is 16.7 Å². The summed E-state index contributed by atoms with van der Waals surface area (Å²) < 4.78 is 5.24. The van der Waals surface area contributed by atoms with Crippen molar-refractivity contribution in [1.29, 1.82) is 0 Å². The van der Waals surface area contributed by atoms with Crippen LogP contribution >= 0.6 is 0 Å². The molecule has 0 spiro atoms. The molecule has 0 atom stereocenters. The van der Waals surface area contributed by atoms with Gasteiger partial charge < -0.3 is 4.74 Å². The van der Waals surface area contributed by atoms with Crippen molar-refractivity contribution >= 4 is 11.8 Å². The molecule has 0 radical (unpaired) electrons. The van der Waals surface area contributed by atoms with E-state index in [9.17, 15) is 9.59 Å². The Bertz CT molecular complexity index is 554. The molecule has 0 aliphatic carbocycles. The fourth-order valence-electron chi connectivity index (χ4n) is 3.01. The molecule has 156 valence electrons. The number of rotatable bonds is 17. The van der Waals surface area contributed by atoms with Gasteiger partial charge in [0, 0.05) is 37.2 Å². The summed E-state index contributed by atoms with van der Waals surface area (Å²) in [4.78, 5) is 27.5. The molecule has 1 rings (SSSR count). The van der Waals surface area contributed by atoms with Crippen LogP contribution in [-0.2, 0) is 20.9 Å². The molecule has 0 saturated carbocycles. The Hall–Kier alpha value is -1.97. The minimum absolute atomic E-state index is 0.139. The molecule has 0 amide bonds. The van der Waals surface area contributed by atoms with Crippen LogP contribution in [0.2, 0.25) is 0 Å². The molecular formula is C24H37NO3. The summed E-state index contributed by atoms with van der Waals surface area (Å²) in [5.74, 6) is 0.274. The second kappa shape index (κ2) is 17.2. The zero-order valence-electron chi connectivity index (χ0n) is 17.5. The molecule has 0 aliphatic heterocycles. The molecule has 4 heteroatoms. The number of carbonyl (C=O) groups excluding carboxylic acids is 2. The van der Waals surface area contributed by atoms with Crippen LogP contribution in [0.3, 0.4) is 0 Å². The van der Waals surface area contributed by atoms with E-state index in [1.165, 1.54) is 0 Å². The maximum absolute atomic E-state index is 11.8. The molecule has 1 aromatic heterocycles. The van der Waals surface area contributed by atoms with Crippen LogP contribution in [0, 0.1) is 0 Å². The number of esters is 1. The van der Waals surface area contributed by atoms with Crippen molar-refractivity contribution in [2.24, 2.45) is 0 Å². The number of nitrogens with zero attached hydrogens (tertiary/aromatic N) is 1. The first-order valence-corrected chi connectivity index (χ1v) is 10.9. The summed E-state index contributed by atoms with van der Waals surface area (Å²) in [7, 11) is 0. The van der Waals surface area contributed by atoms with Gasteiger partial charge in [-0.25, -0.2) is 0 Å². The molecular weight excluding hydrogens is 350 g/mol. The Morgan fingerprint density at radius 2 is 1.61 bits per heavy atom. The van der Waals surface area contributed by atoms with Crippen LogP contribution in [0.25, 0.3) is 0 Å². The molecule has 0 N–H and O–H groups in total. The Labute approximate surface area is 170 Å². The van der Waals surface area contributed by atoms with E-state index in [2.05, 4.69) is 24.1 Å².